The molecule has 0 bridgehead atoms. The molecule has 0 radical (unpaired) electrons. The lowest BCUT2D eigenvalue weighted by molar-refractivity contribution is -0.139. The Hall–Kier alpha value is -1.84. The van der Waals surface area contributed by atoms with Gasteiger partial charge in [0.05, 0.1) is 5.92 Å². The number of aliphatic carboxylic acids is 1. The Morgan fingerprint density at radius 1 is 1.20 bits per heavy atom. The SMILES string of the molecule is Cc1ccc(C(=O)N2CCC3(CC2)CC3C(=O)O)cc1. The molecule has 20 heavy (non-hydrogen) atoms. The summed E-state index contributed by atoms with van der Waals surface area (Å²) in [6.45, 7) is 3.35. The number of carbonyl (C=O) groups is 2. The Kier molecular flexibility index (Phi) is 3.04. The summed E-state index contributed by atoms with van der Waals surface area (Å²) in [5.41, 5.74) is 1.84. The van der Waals surface area contributed by atoms with Gasteiger partial charge in [0.15, 0.2) is 0 Å². The molecule has 1 aromatic carbocycles. The third-order valence-corrected chi connectivity index (χ3v) is 4.83. The fourth-order valence-corrected chi connectivity index (χ4v) is 3.28. The number of carbonyl (C=O) groups excluding carboxylic acids is 1. The fourth-order valence-electron chi connectivity index (χ4n) is 3.28. The molecule has 3 rings (SSSR count). The lowest BCUT2D eigenvalue weighted by atomic mass is 9.90. The van der Waals surface area contributed by atoms with Crippen molar-refractivity contribution in [2.24, 2.45) is 11.3 Å². The van der Waals surface area contributed by atoms with Crippen molar-refractivity contribution in [1.82, 2.24) is 4.90 Å². The summed E-state index contributed by atoms with van der Waals surface area (Å²) in [4.78, 5) is 25.2. The number of nitrogens with zero attached hydrogens (tertiary/aromatic N) is 1. The van der Waals surface area contributed by atoms with Crippen molar-refractivity contribution in [3.8, 4) is 0 Å². The molecule has 2 fully saturated rings. The number of piperidine rings is 1. The van der Waals surface area contributed by atoms with E-state index in [1.54, 1.807) is 0 Å². The van der Waals surface area contributed by atoms with Crippen molar-refractivity contribution < 1.29 is 14.7 Å². The summed E-state index contributed by atoms with van der Waals surface area (Å²) in [5.74, 6) is -0.796. The van der Waals surface area contributed by atoms with Gasteiger partial charge in [0, 0.05) is 18.7 Å². The second kappa shape index (κ2) is 4.62. The summed E-state index contributed by atoms with van der Waals surface area (Å²) in [6, 6.07) is 7.61. The molecular weight excluding hydrogens is 254 g/mol. The van der Waals surface area contributed by atoms with Crippen LogP contribution in [0.15, 0.2) is 24.3 Å². The van der Waals surface area contributed by atoms with E-state index in [9.17, 15) is 9.59 Å². The molecule has 2 aliphatic rings. The largest absolute Gasteiger partial charge is 0.481 e. The van der Waals surface area contributed by atoms with Crippen LogP contribution in [-0.2, 0) is 4.79 Å². The van der Waals surface area contributed by atoms with E-state index >= 15 is 0 Å². The van der Waals surface area contributed by atoms with Crippen molar-refractivity contribution in [2.75, 3.05) is 13.1 Å². The Morgan fingerprint density at radius 2 is 1.80 bits per heavy atom. The normalized spacial score (nSPS) is 23.6. The third kappa shape index (κ3) is 2.19. The first-order chi connectivity index (χ1) is 9.52. The second-order valence-electron chi connectivity index (χ2n) is 6.12. The molecule has 1 aliphatic heterocycles. The minimum atomic E-state index is -0.677. The number of carboxylic acids is 1. The van der Waals surface area contributed by atoms with E-state index in [0.29, 0.717) is 13.1 Å². The van der Waals surface area contributed by atoms with E-state index in [0.717, 1.165) is 30.4 Å². The van der Waals surface area contributed by atoms with E-state index in [2.05, 4.69) is 0 Å². The highest BCUT2D eigenvalue weighted by molar-refractivity contribution is 5.94. The Balaban J connectivity index is 1.63. The average molecular weight is 273 g/mol. The van der Waals surface area contributed by atoms with Crippen LogP contribution < -0.4 is 0 Å². The van der Waals surface area contributed by atoms with Crippen molar-refractivity contribution >= 4 is 11.9 Å². The van der Waals surface area contributed by atoms with Crippen LogP contribution >= 0.6 is 0 Å². The second-order valence-corrected chi connectivity index (χ2v) is 6.12. The molecule has 1 atom stereocenters. The van der Waals surface area contributed by atoms with Gasteiger partial charge in [0.2, 0.25) is 0 Å². The van der Waals surface area contributed by atoms with E-state index in [1.807, 2.05) is 36.1 Å². The zero-order valence-electron chi connectivity index (χ0n) is 11.6. The summed E-state index contributed by atoms with van der Waals surface area (Å²) in [7, 11) is 0. The average Bonchev–Trinajstić information content (AvgIpc) is 3.14. The number of amides is 1. The van der Waals surface area contributed by atoms with E-state index in [4.69, 9.17) is 5.11 Å². The van der Waals surface area contributed by atoms with Crippen molar-refractivity contribution in [3.63, 3.8) is 0 Å². The molecule has 0 aromatic heterocycles. The van der Waals surface area contributed by atoms with Crippen molar-refractivity contribution in [2.45, 2.75) is 26.2 Å². The van der Waals surface area contributed by atoms with E-state index in [1.165, 1.54) is 0 Å². The van der Waals surface area contributed by atoms with Crippen LogP contribution in [0.4, 0.5) is 0 Å². The van der Waals surface area contributed by atoms with Crippen LogP contribution in [0, 0.1) is 18.3 Å². The van der Waals surface area contributed by atoms with Gasteiger partial charge in [-0.3, -0.25) is 9.59 Å². The topological polar surface area (TPSA) is 57.6 Å². The van der Waals surface area contributed by atoms with Gasteiger partial charge < -0.3 is 10.0 Å². The van der Waals surface area contributed by atoms with E-state index < -0.39 is 5.97 Å². The van der Waals surface area contributed by atoms with Crippen LogP contribution in [-0.4, -0.2) is 35.0 Å². The maximum absolute atomic E-state index is 12.4. The van der Waals surface area contributed by atoms with Crippen LogP contribution in [0.2, 0.25) is 0 Å². The predicted octanol–water partition coefficient (Wildman–Crippen LogP) is 2.32. The highest BCUT2D eigenvalue weighted by Crippen LogP contribution is 2.59. The van der Waals surface area contributed by atoms with Gasteiger partial charge in [0.25, 0.3) is 5.91 Å². The standard InChI is InChI=1S/C16H19NO3/c1-11-2-4-12(5-3-11)14(18)17-8-6-16(7-9-17)10-13(16)15(19)20/h2-5,13H,6-10H2,1H3,(H,19,20). The molecule has 1 aromatic rings. The fraction of sp³-hybridized carbons (Fsp3) is 0.500. The minimum Gasteiger partial charge on any atom is -0.481 e. The molecule has 1 saturated carbocycles. The molecular formula is C16H19NO3. The zero-order valence-corrected chi connectivity index (χ0v) is 11.6. The number of hydrogen-bond donors (Lipinski definition) is 1. The first kappa shape index (κ1) is 13.2. The van der Waals surface area contributed by atoms with Crippen LogP contribution in [0.25, 0.3) is 0 Å². The van der Waals surface area contributed by atoms with Gasteiger partial charge in [0.1, 0.15) is 0 Å². The molecule has 1 aliphatic carbocycles. The number of hydrogen-bond acceptors (Lipinski definition) is 2. The van der Waals surface area contributed by atoms with Crippen molar-refractivity contribution in [3.05, 3.63) is 35.4 Å². The van der Waals surface area contributed by atoms with Gasteiger partial charge in [-0.05, 0) is 43.7 Å². The number of rotatable bonds is 2. The number of carboxylic acid groups (broad SMARTS) is 1. The maximum Gasteiger partial charge on any atom is 0.307 e. The van der Waals surface area contributed by atoms with Gasteiger partial charge in [-0.2, -0.15) is 0 Å². The monoisotopic (exact) mass is 273 g/mol. The number of likely N-dealkylation sites (tertiary alicyclic amines) is 1. The molecule has 4 nitrogen and oxygen atoms in total. The van der Waals surface area contributed by atoms with Crippen LogP contribution in [0.5, 0.6) is 0 Å². The third-order valence-electron chi connectivity index (χ3n) is 4.83. The van der Waals surface area contributed by atoms with Gasteiger partial charge in [-0.15, -0.1) is 0 Å². The predicted molar refractivity (Wildman–Crippen MR) is 74.5 cm³/mol. The molecule has 1 heterocycles. The smallest absolute Gasteiger partial charge is 0.307 e. The first-order valence-electron chi connectivity index (χ1n) is 7.11. The summed E-state index contributed by atoms with van der Waals surface area (Å²) in [5, 5.41) is 9.07. The van der Waals surface area contributed by atoms with Crippen LogP contribution in [0.3, 0.4) is 0 Å². The molecule has 1 N–H and O–H groups in total. The summed E-state index contributed by atoms with van der Waals surface area (Å²) in [6.07, 6.45) is 2.43. The number of benzene rings is 1. The van der Waals surface area contributed by atoms with Gasteiger partial charge in [-0.1, -0.05) is 17.7 Å². The molecule has 1 saturated heterocycles. The first-order valence-corrected chi connectivity index (χ1v) is 7.11. The lowest BCUT2D eigenvalue weighted by Crippen LogP contribution is -2.40. The lowest BCUT2D eigenvalue weighted by Gasteiger charge is -2.32. The molecule has 1 unspecified atom stereocenters. The van der Waals surface area contributed by atoms with Crippen molar-refractivity contribution in [1.29, 1.82) is 0 Å². The maximum atomic E-state index is 12.4. The molecule has 1 spiro atoms. The Bertz CT molecular complexity index is 541. The molecule has 106 valence electrons. The van der Waals surface area contributed by atoms with Crippen LogP contribution in [0.1, 0.15) is 35.2 Å². The summed E-state index contributed by atoms with van der Waals surface area (Å²) < 4.78 is 0. The molecule has 1 amide bonds. The quantitative estimate of drug-likeness (QED) is 0.899. The van der Waals surface area contributed by atoms with Gasteiger partial charge >= 0.3 is 5.97 Å². The summed E-state index contributed by atoms with van der Waals surface area (Å²) >= 11 is 0. The number of aryl methyl sites for hydroxylation is 1. The Morgan fingerprint density at radius 3 is 2.30 bits per heavy atom. The van der Waals surface area contributed by atoms with Gasteiger partial charge in [-0.25, -0.2) is 0 Å². The highest BCUT2D eigenvalue weighted by Gasteiger charge is 2.59. The molecule has 4 heteroatoms. The highest BCUT2D eigenvalue weighted by atomic mass is 16.4. The Labute approximate surface area is 118 Å². The zero-order chi connectivity index (χ0) is 14.3. The van der Waals surface area contributed by atoms with E-state index in [-0.39, 0.29) is 17.2 Å². The minimum absolute atomic E-state index is 0.0180.